The molecule has 1 aromatic carbocycles. The molecular formula is C10H15NO2. The van der Waals surface area contributed by atoms with Crippen LogP contribution in [0, 0.1) is 5.21 Å². The van der Waals surface area contributed by atoms with Crippen molar-refractivity contribution in [2.45, 2.75) is 26.4 Å². The largest absolute Gasteiger partial charge is 0.598 e. The Morgan fingerprint density at radius 3 is 2.31 bits per heavy atom. The maximum Gasteiger partial charge on any atom is 0.134 e. The minimum atomic E-state index is -1.20. The topological polar surface area (TPSA) is 43.3 Å². The summed E-state index contributed by atoms with van der Waals surface area (Å²) >= 11 is 0. The van der Waals surface area contributed by atoms with Crippen molar-refractivity contribution in [2.24, 2.45) is 0 Å². The van der Waals surface area contributed by atoms with Crippen LogP contribution in [0.5, 0.6) is 0 Å². The van der Waals surface area contributed by atoms with E-state index in [9.17, 15) is 10.4 Å². The zero-order valence-electron chi connectivity index (χ0n) is 7.97. The number of benzene rings is 1. The Kier molecular flexibility index (Phi) is 3.03. The van der Waals surface area contributed by atoms with Crippen LogP contribution < -0.4 is 0 Å². The van der Waals surface area contributed by atoms with E-state index in [0.717, 1.165) is 5.56 Å². The van der Waals surface area contributed by atoms with E-state index in [2.05, 4.69) is 0 Å². The van der Waals surface area contributed by atoms with Gasteiger partial charge in [-0.2, -0.15) is 0 Å². The highest BCUT2D eigenvalue weighted by molar-refractivity contribution is 5.13. The number of hydrogen-bond acceptors (Lipinski definition) is 2. The van der Waals surface area contributed by atoms with Gasteiger partial charge in [0.1, 0.15) is 12.6 Å². The monoisotopic (exact) mass is 181 g/mol. The first-order valence-corrected chi connectivity index (χ1v) is 4.38. The zero-order chi connectivity index (χ0) is 9.90. The molecule has 0 spiro atoms. The normalized spacial score (nSPS) is 15.8. The van der Waals surface area contributed by atoms with Crippen LogP contribution in [-0.2, 0) is 6.54 Å². The van der Waals surface area contributed by atoms with Gasteiger partial charge < -0.3 is 5.21 Å². The molecule has 0 aliphatic carbocycles. The predicted octanol–water partition coefficient (Wildman–Crippen LogP) is 2.30. The summed E-state index contributed by atoms with van der Waals surface area (Å²) in [4.78, 5) is -1.20. The Balaban J connectivity index is 2.69. The predicted molar refractivity (Wildman–Crippen MR) is 50.7 cm³/mol. The summed E-state index contributed by atoms with van der Waals surface area (Å²) in [6.45, 7) is 3.52. The number of nitrogens with zero attached hydrogens (tertiary/aromatic N) is 1. The summed E-state index contributed by atoms with van der Waals surface area (Å²) in [5, 5.41) is 20.9. The van der Waals surface area contributed by atoms with Gasteiger partial charge in [-0.1, -0.05) is 30.3 Å². The summed E-state index contributed by atoms with van der Waals surface area (Å²) < 4.78 is 0. The van der Waals surface area contributed by atoms with Crippen molar-refractivity contribution in [1.82, 2.24) is 0 Å². The molecule has 0 radical (unpaired) electrons. The Morgan fingerprint density at radius 1 is 1.31 bits per heavy atom. The highest BCUT2D eigenvalue weighted by atomic mass is 16.8. The maximum absolute atomic E-state index is 11.5. The summed E-state index contributed by atoms with van der Waals surface area (Å²) in [6.07, 6.45) is 0. The van der Waals surface area contributed by atoms with Crippen molar-refractivity contribution in [2.75, 3.05) is 0 Å². The second-order valence-electron chi connectivity index (χ2n) is 3.49. The molecule has 0 saturated carbocycles. The molecule has 0 aliphatic rings. The molecule has 13 heavy (non-hydrogen) atoms. The third-order valence-electron chi connectivity index (χ3n) is 2.06. The molecule has 1 atom stereocenters. The van der Waals surface area contributed by atoms with Crippen LogP contribution in [0.2, 0.25) is 0 Å². The third-order valence-corrected chi connectivity index (χ3v) is 2.06. The van der Waals surface area contributed by atoms with Gasteiger partial charge in [-0.15, -0.1) is 0 Å². The molecule has 3 nitrogen and oxygen atoms in total. The minimum Gasteiger partial charge on any atom is -0.598 e. The van der Waals surface area contributed by atoms with Gasteiger partial charge in [0.2, 0.25) is 0 Å². The van der Waals surface area contributed by atoms with Crippen molar-refractivity contribution >= 4 is 0 Å². The Bertz CT molecular complexity index is 257. The zero-order valence-corrected chi connectivity index (χ0v) is 7.97. The van der Waals surface area contributed by atoms with Gasteiger partial charge in [-0.25, -0.2) is 10.0 Å². The SMILES string of the molecule is CC(C)[N+]([O-])(O)Cc1ccccc1. The van der Waals surface area contributed by atoms with Gasteiger partial charge in [0.15, 0.2) is 0 Å². The summed E-state index contributed by atoms with van der Waals surface area (Å²) in [6, 6.07) is 8.94. The standard InChI is InChI=1S/C10H15NO2/c1-9(2)11(12,13)8-10-6-4-3-5-7-10/h3-7,9,12H,8H2,1-2H3. The molecule has 0 heterocycles. The van der Waals surface area contributed by atoms with Gasteiger partial charge >= 0.3 is 0 Å². The van der Waals surface area contributed by atoms with E-state index >= 15 is 0 Å². The molecule has 1 aromatic rings. The fraction of sp³-hybridized carbons (Fsp3) is 0.400. The van der Waals surface area contributed by atoms with Crippen molar-refractivity contribution < 1.29 is 10.0 Å². The number of quaternary nitrogens is 1. The number of hydroxylamine groups is 4. The maximum atomic E-state index is 11.5. The van der Waals surface area contributed by atoms with Crippen molar-refractivity contribution in [1.29, 1.82) is 0 Å². The molecule has 3 heteroatoms. The Morgan fingerprint density at radius 2 is 1.85 bits per heavy atom. The molecule has 0 saturated heterocycles. The lowest BCUT2D eigenvalue weighted by Crippen LogP contribution is -2.43. The van der Waals surface area contributed by atoms with Crippen LogP contribution in [-0.4, -0.2) is 16.1 Å². The van der Waals surface area contributed by atoms with E-state index < -0.39 is 4.81 Å². The van der Waals surface area contributed by atoms with Crippen molar-refractivity contribution in [3.05, 3.63) is 41.1 Å². The molecule has 1 rings (SSSR count). The first-order chi connectivity index (χ1) is 6.02. The van der Waals surface area contributed by atoms with Crippen LogP contribution in [0.15, 0.2) is 30.3 Å². The van der Waals surface area contributed by atoms with E-state index in [1.54, 1.807) is 13.8 Å². The highest BCUT2D eigenvalue weighted by Gasteiger charge is 2.18. The Hall–Kier alpha value is -0.900. The second-order valence-corrected chi connectivity index (χ2v) is 3.49. The minimum absolute atomic E-state index is 0.110. The van der Waals surface area contributed by atoms with Crippen LogP contribution in [0.25, 0.3) is 0 Å². The van der Waals surface area contributed by atoms with Crippen LogP contribution in [0.3, 0.4) is 0 Å². The van der Waals surface area contributed by atoms with Gasteiger partial charge in [0, 0.05) is 5.56 Å². The fourth-order valence-electron chi connectivity index (χ4n) is 1.03. The quantitative estimate of drug-likeness (QED) is 0.574. The molecular weight excluding hydrogens is 166 g/mol. The first-order valence-electron chi connectivity index (χ1n) is 4.38. The lowest BCUT2D eigenvalue weighted by atomic mass is 10.2. The lowest BCUT2D eigenvalue weighted by molar-refractivity contribution is -1.09. The van der Waals surface area contributed by atoms with Crippen molar-refractivity contribution in [3.63, 3.8) is 0 Å². The second kappa shape index (κ2) is 3.87. The molecule has 1 N–H and O–H groups in total. The van der Waals surface area contributed by atoms with Crippen LogP contribution >= 0.6 is 0 Å². The van der Waals surface area contributed by atoms with Crippen LogP contribution in [0.4, 0.5) is 0 Å². The van der Waals surface area contributed by atoms with E-state index in [4.69, 9.17) is 0 Å². The average Bonchev–Trinajstić information content (AvgIpc) is 2.05. The molecule has 0 aliphatic heterocycles. The smallest absolute Gasteiger partial charge is 0.134 e. The highest BCUT2D eigenvalue weighted by Crippen LogP contribution is 2.13. The summed E-state index contributed by atoms with van der Waals surface area (Å²) in [5.41, 5.74) is 0.855. The van der Waals surface area contributed by atoms with Gasteiger partial charge in [-0.05, 0) is 13.8 Å². The molecule has 72 valence electrons. The van der Waals surface area contributed by atoms with E-state index in [1.165, 1.54) is 0 Å². The van der Waals surface area contributed by atoms with E-state index in [0.29, 0.717) is 0 Å². The Labute approximate surface area is 78.4 Å². The van der Waals surface area contributed by atoms with Crippen molar-refractivity contribution in [3.8, 4) is 0 Å². The van der Waals surface area contributed by atoms with Gasteiger partial charge in [0.05, 0.1) is 0 Å². The molecule has 0 amide bonds. The van der Waals surface area contributed by atoms with Crippen LogP contribution in [0.1, 0.15) is 19.4 Å². The molecule has 0 fully saturated rings. The van der Waals surface area contributed by atoms with Gasteiger partial charge in [-0.3, -0.25) is 0 Å². The third kappa shape index (κ3) is 2.81. The summed E-state index contributed by atoms with van der Waals surface area (Å²) in [7, 11) is 0. The molecule has 0 aromatic heterocycles. The molecule has 1 unspecified atom stereocenters. The van der Waals surface area contributed by atoms with E-state index in [-0.39, 0.29) is 12.6 Å². The molecule has 0 bridgehead atoms. The number of hydrogen-bond donors (Lipinski definition) is 1. The van der Waals surface area contributed by atoms with E-state index in [1.807, 2.05) is 30.3 Å². The number of rotatable bonds is 3. The van der Waals surface area contributed by atoms with Gasteiger partial charge in [0.25, 0.3) is 0 Å². The fourth-order valence-corrected chi connectivity index (χ4v) is 1.03. The average molecular weight is 181 g/mol. The summed E-state index contributed by atoms with van der Waals surface area (Å²) in [5.74, 6) is 0. The first kappa shape index (κ1) is 10.2. The lowest BCUT2D eigenvalue weighted by Gasteiger charge is -2.37.